The molecule has 10 heteroatoms. The fraction of sp³-hybridized carbons (Fsp3) is 0.474. The van der Waals surface area contributed by atoms with Crippen molar-refractivity contribution >= 4 is 19.1 Å². The van der Waals surface area contributed by atoms with Crippen LogP contribution in [-0.2, 0) is 19.8 Å². The van der Waals surface area contributed by atoms with Gasteiger partial charge in [-0.2, -0.15) is 0 Å². The van der Waals surface area contributed by atoms with Crippen molar-refractivity contribution in [1.29, 1.82) is 0 Å². The predicted molar refractivity (Wildman–Crippen MR) is 188 cm³/mol. The van der Waals surface area contributed by atoms with Crippen LogP contribution >= 0.6 is 0 Å². The molecule has 0 aliphatic carbocycles. The van der Waals surface area contributed by atoms with Gasteiger partial charge >= 0.3 is 11.8 Å². The molecule has 3 rings (SSSR count). The Balaban J connectivity index is 0.000000435. The van der Waals surface area contributed by atoms with Crippen molar-refractivity contribution in [2.45, 2.75) is 64.4 Å². The van der Waals surface area contributed by atoms with Gasteiger partial charge in [0.05, 0.1) is 61.6 Å². The number of amides is 2. The molecule has 0 aliphatic heterocycles. The highest BCUT2D eigenvalue weighted by atomic mass is 16.6. The summed E-state index contributed by atoms with van der Waals surface area (Å²) in [7, 11) is 4.92. The number of aliphatic hydroxyl groups is 2. The third-order valence-electron chi connectivity index (χ3n) is 8.38. The second-order valence-electron chi connectivity index (χ2n) is 12.8. The van der Waals surface area contributed by atoms with Crippen LogP contribution in [0.1, 0.15) is 75.5 Å². The maximum atomic E-state index is 11.8. The van der Waals surface area contributed by atoms with Gasteiger partial charge in [-0.15, -0.1) is 0 Å². The maximum absolute atomic E-state index is 11.8. The summed E-state index contributed by atoms with van der Waals surface area (Å²) in [5.74, 6) is 0.210. The number of carbonyl (C=O) groups is 2. The normalized spacial score (nSPS) is 12.1. The minimum atomic E-state index is -2.40. The predicted octanol–water partition coefficient (Wildman–Crippen LogP) is 3.61. The van der Waals surface area contributed by atoms with Crippen molar-refractivity contribution in [3.8, 4) is 0 Å². The largest absolute Gasteiger partial charge is 0.871 e. The molecule has 1 atom stereocenters. The summed E-state index contributed by atoms with van der Waals surface area (Å²) in [6.45, 7) is 7.18. The van der Waals surface area contributed by atoms with Crippen LogP contribution in [0.25, 0.3) is 0 Å². The Morgan fingerprint density at radius 2 is 1.04 bits per heavy atom. The molecule has 0 aromatic heterocycles. The van der Waals surface area contributed by atoms with E-state index in [9.17, 15) is 19.6 Å². The van der Waals surface area contributed by atoms with Crippen molar-refractivity contribution in [2.75, 3.05) is 54.5 Å². The van der Waals surface area contributed by atoms with Crippen LogP contribution in [0.3, 0.4) is 0 Å². The maximum Gasteiger partial charge on any atom is 0.313 e. The first kappa shape index (κ1) is 42.8. The Labute approximate surface area is 288 Å². The van der Waals surface area contributed by atoms with Gasteiger partial charge in [-0.1, -0.05) is 112 Å². The summed E-state index contributed by atoms with van der Waals surface area (Å²) < 4.78 is 6.30. The van der Waals surface area contributed by atoms with E-state index in [1.807, 2.05) is 140 Å². The van der Waals surface area contributed by atoms with Gasteiger partial charge in [0, 0.05) is 5.92 Å². The summed E-state index contributed by atoms with van der Waals surface area (Å²) in [5.41, 5.74) is 1.49. The van der Waals surface area contributed by atoms with Gasteiger partial charge in [-0.3, -0.25) is 8.97 Å². The number of rotatable bonds is 15. The molecule has 9 nitrogen and oxygen atoms in total. The Kier molecular flexibility index (Phi) is 19.3. The molecular formula is C38H57BN2O7. The Hall–Kier alpha value is -3.22. The highest BCUT2D eigenvalue weighted by Crippen LogP contribution is 2.47. The molecule has 0 radical (unpaired) electrons. The number of aliphatic hydroxyl groups excluding tert-OH is 2. The molecule has 0 fully saturated rings. The van der Waals surface area contributed by atoms with Crippen LogP contribution in [0, 0.1) is 0 Å². The van der Waals surface area contributed by atoms with E-state index in [4.69, 9.17) is 14.9 Å². The number of likely N-dealkylation sites (N-methyl/N-ethyl adjacent to an activating group) is 2. The lowest BCUT2D eigenvalue weighted by molar-refractivity contribution is -0.814. The highest BCUT2D eigenvalue weighted by molar-refractivity contribution is 6.28. The zero-order valence-electron chi connectivity index (χ0n) is 30.0. The van der Waals surface area contributed by atoms with Gasteiger partial charge in [0.1, 0.15) is 18.7 Å². The molecule has 2 amide bonds. The molecule has 3 aromatic carbocycles. The average molecular weight is 665 g/mol. The monoisotopic (exact) mass is 664 g/mol. The van der Waals surface area contributed by atoms with Crippen LogP contribution in [0.5, 0.6) is 0 Å². The lowest BCUT2D eigenvalue weighted by atomic mass is 9.71. The SMILES string of the molecule is CCC(c1ccccc1)C(OB([O-])[O-])(c1ccccc1)c1ccccc1.CCCC(=O)[N+](C)(C)CCO.CCCC(=O)[N+](C)(C)CCO. The summed E-state index contributed by atoms with van der Waals surface area (Å²) in [6.07, 6.45) is 3.68. The third kappa shape index (κ3) is 13.0. The van der Waals surface area contributed by atoms with Crippen LogP contribution in [0.2, 0.25) is 0 Å². The first-order chi connectivity index (χ1) is 22.8. The van der Waals surface area contributed by atoms with Gasteiger partial charge in [-0.05, 0) is 36.0 Å². The molecule has 0 bridgehead atoms. The van der Waals surface area contributed by atoms with Gasteiger partial charge in [0.25, 0.3) is 0 Å². The second-order valence-corrected chi connectivity index (χ2v) is 12.8. The van der Waals surface area contributed by atoms with Crippen molar-refractivity contribution in [3.63, 3.8) is 0 Å². The lowest BCUT2D eigenvalue weighted by Crippen LogP contribution is -2.55. The first-order valence-corrected chi connectivity index (χ1v) is 16.9. The van der Waals surface area contributed by atoms with E-state index in [-0.39, 0.29) is 30.9 Å². The van der Waals surface area contributed by atoms with E-state index in [1.54, 1.807) is 0 Å². The fourth-order valence-electron chi connectivity index (χ4n) is 5.54. The summed E-state index contributed by atoms with van der Waals surface area (Å²) in [5, 5.41) is 40.8. The number of nitrogens with zero attached hydrogens (tertiary/aromatic N) is 2. The fourth-order valence-corrected chi connectivity index (χ4v) is 5.54. The van der Waals surface area contributed by atoms with E-state index in [2.05, 4.69) is 0 Å². The van der Waals surface area contributed by atoms with Gasteiger partial charge < -0.3 is 24.9 Å². The smallest absolute Gasteiger partial charge is 0.313 e. The van der Waals surface area contributed by atoms with Gasteiger partial charge in [0.15, 0.2) is 0 Å². The van der Waals surface area contributed by atoms with Crippen LogP contribution in [-0.4, -0.2) is 92.8 Å². The molecule has 0 aliphatic rings. The molecule has 3 aromatic rings. The topological polar surface area (TPSA) is 130 Å². The van der Waals surface area contributed by atoms with Crippen LogP contribution in [0.15, 0.2) is 91.0 Å². The second kappa shape index (κ2) is 21.7. The van der Waals surface area contributed by atoms with Crippen LogP contribution in [0.4, 0.5) is 0 Å². The standard InChI is InChI=1S/C22H21BO3.2C8H18NO2/c1-2-21(18-12-6-3-7-13-18)22(26-23(24)25,19-14-8-4-9-15-19)20-16-10-5-11-17-20;2*1-4-5-8(11)9(2,3)6-7-10/h3-17,21H,2H2,1H3;2*10H,4-7H2,1-3H3/q-2;2*+1. The Bertz CT molecular complexity index is 1230. The van der Waals surface area contributed by atoms with Gasteiger partial charge in [0.2, 0.25) is 0 Å². The molecule has 0 spiro atoms. The highest BCUT2D eigenvalue weighted by Gasteiger charge is 2.42. The van der Waals surface area contributed by atoms with Crippen molar-refractivity contribution in [1.82, 2.24) is 0 Å². The third-order valence-corrected chi connectivity index (χ3v) is 8.38. The number of hydrogen-bond acceptors (Lipinski definition) is 7. The molecule has 0 saturated carbocycles. The van der Waals surface area contributed by atoms with Crippen LogP contribution < -0.4 is 10.0 Å². The summed E-state index contributed by atoms with van der Waals surface area (Å²) in [6, 6.07) is 29.0. The molecule has 0 saturated heterocycles. The van der Waals surface area contributed by atoms with E-state index < -0.39 is 12.9 Å². The minimum absolute atomic E-state index is 0.0719. The Morgan fingerprint density at radius 3 is 1.33 bits per heavy atom. The number of carbonyl (C=O) groups excluding carboxylic acids is 2. The van der Waals surface area contributed by atoms with E-state index in [1.165, 1.54) is 0 Å². The molecule has 48 heavy (non-hydrogen) atoms. The zero-order chi connectivity index (χ0) is 36.2. The zero-order valence-corrected chi connectivity index (χ0v) is 30.0. The lowest BCUT2D eigenvalue weighted by Gasteiger charge is -2.48. The molecule has 264 valence electrons. The van der Waals surface area contributed by atoms with E-state index in [0.29, 0.717) is 41.3 Å². The summed E-state index contributed by atoms with van der Waals surface area (Å²) >= 11 is 0. The number of hydrogen-bond donors (Lipinski definition) is 2. The quantitative estimate of drug-likeness (QED) is 0.188. The Morgan fingerprint density at radius 1 is 0.688 bits per heavy atom. The molecule has 1 unspecified atom stereocenters. The number of benzene rings is 3. The average Bonchev–Trinajstić information content (AvgIpc) is 3.06. The van der Waals surface area contributed by atoms with Crippen molar-refractivity contribution < 1.29 is 43.5 Å². The number of quaternary nitrogens is 2. The van der Waals surface area contributed by atoms with E-state index in [0.717, 1.165) is 29.5 Å². The minimum Gasteiger partial charge on any atom is -0.871 e. The molecular weight excluding hydrogens is 607 g/mol. The van der Waals surface area contributed by atoms with Gasteiger partial charge in [-0.25, -0.2) is 9.59 Å². The molecule has 2 N–H and O–H groups in total. The van der Waals surface area contributed by atoms with Crippen molar-refractivity contribution in [2.24, 2.45) is 0 Å². The van der Waals surface area contributed by atoms with E-state index >= 15 is 0 Å². The summed E-state index contributed by atoms with van der Waals surface area (Å²) in [4.78, 5) is 22.6. The van der Waals surface area contributed by atoms with Crippen molar-refractivity contribution in [3.05, 3.63) is 108 Å². The molecule has 0 heterocycles. The first-order valence-electron chi connectivity index (χ1n) is 16.9.